The van der Waals surface area contributed by atoms with Crippen LogP contribution >= 0.6 is 27.7 Å². The Hall–Kier alpha value is -0.330. The average Bonchev–Trinajstić information content (AvgIpc) is 2.47. The highest BCUT2D eigenvalue weighted by molar-refractivity contribution is 9.10. The van der Waals surface area contributed by atoms with E-state index in [0.29, 0.717) is 0 Å². The van der Waals surface area contributed by atoms with Crippen LogP contribution in [0.25, 0.3) is 0 Å². The van der Waals surface area contributed by atoms with Crippen molar-refractivity contribution in [2.75, 3.05) is 30.0 Å². The van der Waals surface area contributed by atoms with E-state index in [0.717, 1.165) is 59.3 Å². The molecule has 0 radical (unpaired) electrons. The van der Waals surface area contributed by atoms with Crippen LogP contribution in [0, 0.1) is 0 Å². The number of ether oxygens (including phenoxy) is 1. The number of nitrogens with zero attached hydrogens (tertiary/aromatic N) is 2. The predicted octanol–water partition coefficient (Wildman–Crippen LogP) is 3.43. The fourth-order valence-electron chi connectivity index (χ4n) is 1.89. The lowest BCUT2D eigenvalue weighted by atomic mass is 10.2. The van der Waals surface area contributed by atoms with E-state index in [4.69, 9.17) is 4.74 Å². The van der Waals surface area contributed by atoms with E-state index in [1.54, 1.807) is 0 Å². The minimum Gasteiger partial charge on any atom is -0.369 e. The number of aromatic nitrogens is 2. The lowest BCUT2D eigenvalue weighted by molar-refractivity contribution is 0.0693. The minimum absolute atomic E-state index is 0.0272. The molecule has 1 aliphatic heterocycles. The number of hydrogen-bond acceptors (Lipinski definition) is 5. The zero-order valence-corrected chi connectivity index (χ0v) is 13.8. The Labute approximate surface area is 127 Å². The van der Waals surface area contributed by atoms with Crippen molar-refractivity contribution in [3.05, 3.63) is 16.0 Å². The van der Waals surface area contributed by atoms with Crippen molar-refractivity contribution in [3.8, 4) is 0 Å². The largest absolute Gasteiger partial charge is 0.369 e. The number of nitrogens with one attached hydrogen (secondary N) is 1. The lowest BCUT2D eigenvalue weighted by Gasteiger charge is -2.22. The highest BCUT2D eigenvalue weighted by atomic mass is 79.9. The van der Waals surface area contributed by atoms with Gasteiger partial charge in [0, 0.05) is 18.1 Å². The summed E-state index contributed by atoms with van der Waals surface area (Å²) in [5, 5.41) is 3.36. The molecule has 1 unspecified atom stereocenters. The second-order valence-corrected chi connectivity index (χ2v) is 6.35. The van der Waals surface area contributed by atoms with Crippen LogP contribution in [0.15, 0.2) is 4.47 Å². The number of anilines is 1. The molecule has 1 saturated heterocycles. The Morgan fingerprint density at radius 1 is 1.42 bits per heavy atom. The maximum atomic E-state index is 5.77. The van der Waals surface area contributed by atoms with Crippen LogP contribution in [0.5, 0.6) is 0 Å². The molecule has 0 bridgehead atoms. The Kier molecular flexibility index (Phi) is 5.91. The third-order valence-electron chi connectivity index (χ3n) is 2.92. The quantitative estimate of drug-likeness (QED) is 0.885. The summed E-state index contributed by atoms with van der Waals surface area (Å²) >= 11 is 5.50. The van der Waals surface area contributed by atoms with E-state index >= 15 is 0 Å². The molecular weight excluding hydrogens is 326 g/mol. The lowest BCUT2D eigenvalue weighted by Crippen LogP contribution is -2.20. The van der Waals surface area contributed by atoms with Crippen molar-refractivity contribution in [3.63, 3.8) is 0 Å². The molecule has 0 aliphatic carbocycles. The zero-order chi connectivity index (χ0) is 13.7. The van der Waals surface area contributed by atoms with Crippen molar-refractivity contribution in [2.45, 2.75) is 32.8 Å². The van der Waals surface area contributed by atoms with Gasteiger partial charge in [0.2, 0.25) is 0 Å². The molecule has 1 aromatic rings. The number of hydrogen-bond donors (Lipinski definition) is 1. The Balaban J connectivity index is 2.26. The van der Waals surface area contributed by atoms with E-state index < -0.39 is 0 Å². The van der Waals surface area contributed by atoms with Gasteiger partial charge < -0.3 is 10.1 Å². The summed E-state index contributed by atoms with van der Waals surface area (Å²) in [6, 6.07) is 0. The van der Waals surface area contributed by atoms with Crippen LogP contribution in [-0.4, -0.2) is 34.6 Å². The molecule has 2 rings (SSSR count). The standard InChI is InChI=1S/C13H20BrN3OS/c1-3-5-15-13-11(14)9(4-2)16-12(17-13)10-8-19-7-6-18-10/h10H,3-8H2,1-2H3,(H,15,16,17). The van der Waals surface area contributed by atoms with Gasteiger partial charge in [0.05, 0.1) is 16.8 Å². The highest BCUT2D eigenvalue weighted by Crippen LogP contribution is 2.29. The van der Waals surface area contributed by atoms with Crippen LogP contribution in [0.4, 0.5) is 5.82 Å². The molecule has 1 atom stereocenters. The number of halogens is 1. The molecule has 19 heavy (non-hydrogen) atoms. The maximum Gasteiger partial charge on any atom is 0.160 e. The Morgan fingerprint density at radius 3 is 2.89 bits per heavy atom. The molecule has 0 spiro atoms. The first-order valence-electron chi connectivity index (χ1n) is 6.75. The smallest absolute Gasteiger partial charge is 0.160 e. The van der Waals surface area contributed by atoms with Gasteiger partial charge >= 0.3 is 0 Å². The minimum atomic E-state index is 0.0272. The van der Waals surface area contributed by atoms with Gasteiger partial charge in [-0.1, -0.05) is 13.8 Å². The van der Waals surface area contributed by atoms with Gasteiger partial charge in [-0.05, 0) is 28.8 Å². The highest BCUT2D eigenvalue weighted by Gasteiger charge is 2.22. The fourth-order valence-corrected chi connectivity index (χ4v) is 3.33. The molecule has 0 amide bonds. The fraction of sp³-hybridized carbons (Fsp3) is 0.692. The SMILES string of the molecule is CCCNc1nc(C2CSCCO2)nc(CC)c1Br. The van der Waals surface area contributed by atoms with Gasteiger partial charge in [-0.2, -0.15) is 11.8 Å². The molecular formula is C13H20BrN3OS. The Bertz CT molecular complexity index is 425. The normalized spacial score (nSPS) is 19.4. The van der Waals surface area contributed by atoms with Gasteiger partial charge in [-0.25, -0.2) is 9.97 Å². The zero-order valence-electron chi connectivity index (χ0n) is 11.4. The van der Waals surface area contributed by atoms with Gasteiger partial charge in [0.1, 0.15) is 11.9 Å². The molecule has 1 aromatic heterocycles. The van der Waals surface area contributed by atoms with E-state index in [-0.39, 0.29) is 6.10 Å². The molecule has 0 aromatic carbocycles. The molecule has 1 aliphatic rings. The number of thioether (sulfide) groups is 1. The molecule has 6 heteroatoms. The third-order valence-corrected chi connectivity index (χ3v) is 4.75. The third kappa shape index (κ3) is 3.83. The maximum absolute atomic E-state index is 5.77. The summed E-state index contributed by atoms with van der Waals surface area (Å²) in [7, 11) is 0. The van der Waals surface area contributed by atoms with Crippen molar-refractivity contribution in [1.29, 1.82) is 0 Å². The van der Waals surface area contributed by atoms with E-state index in [2.05, 4.69) is 45.1 Å². The van der Waals surface area contributed by atoms with Crippen LogP contribution < -0.4 is 5.32 Å². The van der Waals surface area contributed by atoms with E-state index in [1.807, 2.05) is 11.8 Å². The van der Waals surface area contributed by atoms with Crippen molar-refractivity contribution in [2.24, 2.45) is 0 Å². The second kappa shape index (κ2) is 7.45. The second-order valence-electron chi connectivity index (χ2n) is 4.41. The molecule has 1 N–H and O–H groups in total. The van der Waals surface area contributed by atoms with Crippen LogP contribution in [0.1, 0.15) is 37.9 Å². The summed E-state index contributed by atoms with van der Waals surface area (Å²) in [6.45, 7) is 5.95. The molecule has 4 nitrogen and oxygen atoms in total. The predicted molar refractivity (Wildman–Crippen MR) is 83.9 cm³/mol. The van der Waals surface area contributed by atoms with Gasteiger partial charge in [-0.3, -0.25) is 0 Å². The van der Waals surface area contributed by atoms with Crippen molar-refractivity contribution >= 4 is 33.5 Å². The summed E-state index contributed by atoms with van der Waals surface area (Å²) in [5.41, 5.74) is 1.04. The number of aryl methyl sites for hydroxylation is 1. The van der Waals surface area contributed by atoms with Gasteiger partial charge in [-0.15, -0.1) is 0 Å². The van der Waals surface area contributed by atoms with Crippen LogP contribution in [0.3, 0.4) is 0 Å². The summed E-state index contributed by atoms with van der Waals surface area (Å²) in [5.74, 6) is 3.71. The van der Waals surface area contributed by atoms with Crippen LogP contribution in [0.2, 0.25) is 0 Å². The molecule has 2 heterocycles. The first-order valence-corrected chi connectivity index (χ1v) is 8.70. The van der Waals surface area contributed by atoms with Crippen molar-refractivity contribution < 1.29 is 4.74 Å². The molecule has 0 saturated carbocycles. The van der Waals surface area contributed by atoms with Crippen molar-refractivity contribution in [1.82, 2.24) is 9.97 Å². The Morgan fingerprint density at radius 2 is 2.26 bits per heavy atom. The summed E-state index contributed by atoms with van der Waals surface area (Å²) in [4.78, 5) is 9.28. The van der Waals surface area contributed by atoms with E-state index in [1.165, 1.54) is 0 Å². The van der Waals surface area contributed by atoms with E-state index in [9.17, 15) is 0 Å². The summed E-state index contributed by atoms with van der Waals surface area (Å²) < 4.78 is 6.76. The number of rotatable bonds is 5. The monoisotopic (exact) mass is 345 g/mol. The van der Waals surface area contributed by atoms with Gasteiger partial charge in [0.25, 0.3) is 0 Å². The molecule has 1 fully saturated rings. The average molecular weight is 346 g/mol. The first-order chi connectivity index (χ1) is 9.26. The first kappa shape index (κ1) is 15.1. The van der Waals surface area contributed by atoms with Gasteiger partial charge in [0.15, 0.2) is 5.82 Å². The summed E-state index contributed by atoms with van der Waals surface area (Å²) in [6.07, 6.45) is 1.99. The topological polar surface area (TPSA) is 47.0 Å². The molecule has 106 valence electrons. The van der Waals surface area contributed by atoms with Crippen LogP contribution in [-0.2, 0) is 11.2 Å².